The van der Waals surface area contributed by atoms with Gasteiger partial charge < -0.3 is 10.2 Å². The predicted molar refractivity (Wildman–Crippen MR) is 94.8 cm³/mol. The Morgan fingerprint density at radius 3 is 2.48 bits per heavy atom. The second kappa shape index (κ2) is 7.47. The maximum absolute atomic E-state index is 13.3. The number of amides is 2. The average molecular weight is 340 g/mol. The fourth-order valence-electron chi connectivity index (χ4n) is 3.10. The molecule has 0 atom stereocenters. The summed E-state index contributed by atoms with van der Waals surface area (Å²) in [6.07, 6.45) is 1.22. The topological polar surface area (TPSA) is 49.4 Å². The van der Waals surface area contributed by atoms with E-state index in [2.05, 4.69) is 5.32 Å². The van der Waals surface area contributed by atoms with Gasteiger partial charge in [0.2, 0.25) is 5.91 Å². The van der Waals surface area contributed by atoms with E-state index < -0.39 is 5.82 Å². The van der Waals surface area contributed by atoms with E-state index in [-0.39, 0.29) is 17.7 Å². The number of piperidine rings is 1. The van der Waals surface area contributed by atoms with Gasteiger partial charge >= 0.3 is 0 Å². The van der Waals surface area contributed by atoms with Crippen LogP contribution in [0, 0.1) is 18.7 Å². The van der Waals surface area contributed by atoms with Gasteiger partial charge in [-0.15, -0.1) is 0 Å². The molecule has 25 heavy (non-hydrogen) atoms. The molecule has 5 heteroatoms. The van der Waals surface area contributed by atoms with Gasteiger partial charge in [-0.05, 0) is 49.6 Å². The molecule has 0 saturated carbocycles. The number of nitrogens with zero attached hydrogens (tertiary/aromatic N) is 1. The maximum atomic E-state index is 13.3. The van der Waals surface area contributed by atoms with Crippen LogP contribution in [0.2, 0.25) is 0 Å². The third-order valence-corrected chi connectivity index (χ3v) is 4.63. The molecule has 130 valence electrons. The van der Waals surface area contributed by atoms with Crippen molar-refractivity contribution in [1.29, 1.82) is 0 Å². The zero-order chi connectivity index (χ0) is 17.8. The summed E-state index contributed by atoms with van der Waals surface area (Å²) >= 11 is 0. The minimum Gasteiger partial charge on any atom is -0.339 e. The molecule has 1 aliphatic rings. The van der Waals surface area contributed by atoms with Crippen LogP contribution >= 0.6 is 0 Å². The zero-order valence-electron chi connectivity index (χ0n) is 14.2. The quantitative estimate of drug-likeness (QED) is 0.928. The first kappa shape index (κ1) is 17.1. The summed E-state index contributed by atoms with van der Waals surface area (Å²) < 4.78 is 13.3. The Kier molecular flexibility index (Phi) is 5.12. The van der Waals surface area contributed by atoms with Crippen LogP contribution in [0.5, 0.6) is 0 Å². The Bertz CT molecular complexity index is 783. The molecule has 1 N–H and O–H groups in total. The number of carbonyl (C=O) groups is 2. The lowest BCUT2D eigenvalue weighted by Crippen LogP contribution is -2.41. The number of hydrogen-bond acceptors (Lipinski definition) is 2. The Balaban J connectivity index is 1.57. The second-order valence-corrected chi connectivity index (χ2v) is 6.38. The van der Waals surface area contributed by atoms with Crippen LogP contribution in [0.4, 0.5) is 10.1 Å². The number of nitrogens with one attached hydrogen (secondary N) is 1. The van der Waals surface area contributed by atoms with Gasteiger partial charge in [-0.2, -0.15) is 0 Å². The highest BCUT2D eigenvalue weighted by Crippen LogP contribution is 2.22. The van der Waals surface area contributed by atoms with Crippen molar-refractivity contribution in [3.8, 4) is 0 Å². The summed E-state index contributed by atoms with van der Waals surface area (Å²) in [7, 11) is 0. The van der Waals surface area contributed by atoms with Crippen molar-refractivity contribution in [3.05, 3.63) is 65.5 Å². The molecule has 0 radical (unpaired) electrons. The number of aryl methyl sites for hydroxylation is 1. The van der Waals surface area contributed by atoms with Crippen molar-refractivity contribution in [2.75, 3.05) is 18.4 Å². The summed E-state index contributed by atoms with van der Waals surface area (Å²) in [4.78, 5) is 26.6. The first-order chi connectivity index (χ1) is 12.0. The summed E-state index contributed by atoms with van der Waals surface area (Å²) in [6.45, 7) is 2.96. The molecular weight excluding hydrogens is 319 g/mol. The molecule has 3 rings (SSSR count). The molecule has 2 amide bonds. The molecule has 0 spiro atoms. The number of anilines is 1. The number of para-hydroxylation sites is 1. The van der Waals surface area contributed by atoms with E-state index in [9.17, 15) is 14.0 Å². The fourth-order valence-corrected chi connectivity index (χ4v) is 3.10. The van der Waals surface area contributed by atoms with Gasteiger partial charge in [0.1, 0.15) is 5.82 Å². The predicted octanol–water partition coefficient (Wildman–Crippen LogP) is 3.63. The molecule has 1 fully saturated rings. The molecule has 2 aromatic rings. The van der Waals surface area contributed by atoms with E-state index in [1.165, 1.54) is 18.2 Å². The minimum absolute atomic E-state index is 0.00726. The largest absolute Gasteiger partial charge is 0.339 e. The summed E-state index contributed by atoms with van der Waals surface area (Å²) in [5.74, 6) is -0.723. The van der Waals surface area contributed by atoms with Gasteiger partial charge in [-0.25, -0.2) is 4.39 Å². The van der Waals surface area contributed by atoms with Crippen molar-refractivity contribution in [1.82, 2.24) is 4.90 Å². The van der Waals surface area contributed by atoms with E-state index in [0.717, 1.165) is 11.3 Å². The van der Waals surface area contributed by atoms with Gasteiger partial charge in [-0.3, -0.25) is 9.59 Å². The van der Waals surface area contributed by atoms with Crippen molar-refractivity contribution >= 4 is 17.5 Å². The molecule has 1 heterocycles. The van der Waals surface area contributed by atoms with E-state index in [0.29, 0.717) is 31.5 Å². The minimum atomic E-state index is -0.418. The van der Waals surface area contributed by atoms with Crippen LogP contribution in [0.15, 0.2) is 48.5 Å². The Hall–Kier alpha value is -2.69. The molecule has 0 aliphatic carbocycles. The number of hydrogen-bond donors (Lipinski definition) is 1. The van der Waals surface area contributed by atoms with E-state index in [4.69, 9.17) is 0 Å². The third-order valence-electron chi connectivity index (χ3n) is 4.63. The lowest BCUT2D eigenvalue weighted by atomic mass is 9.95. The molecular formula is C20H21FN2O2. The maximum Gasteiger partial charge on any atom is 0.253 e. The first-order valence-corrected chi connectivity index (χ1v) is 8.46. The highest BCUT2D eigenvalue weighted by atomic mass is 19.1. The Labute approximate surface area is 146 Å². The number of halogens is 1. The Morgan fingerprint density at radius 1 is 1.08 bits per heavy atom. The van der Waals surface area contributed by atoms with Gasteiger partial charge in [0.15, 0.2) is 0 Å². The van der Waals surface area contributed by atoms with Crippen LogP contribution in [-0.2, 0) is 4.79 Å². The second-order valence-electron chi connectivity index (χ2n) is 6.38. The van der Waals surface area contributed by atoms with Crippen molar-refractivity contribution < 1.29 is 14.0 Å². The standard InChI is InChI=1S/C20H21FN2O2/c1-14-5-2-3-8-18(14)22-19(24)15-9-11-23(12-10-15)20(25)16-6-4-7-17(21)13-16/h2-8,13,15H,9-12H2,1H3,(H,22,24). The van der Waals surface area contributed by atoms with E-state index in [1.54, 1.807) is 11.0 Å². The number of carbonyl (C=O) groups excluding carboxylic acids is 2. The zero-order valence-corrected chi connectivity index (χ0v) is 14.2. The normalized spacial score (nSPS) is 15.0. The molecule has 1 aliphatic heterocycles. The molecule has 0 bridgehead atoms. The lowest BCUT2D eigenvalue weighted by molar-refractivity contribution is -0.121. The van der Waals surface area contributed by atoms with Crippen molar-refractivity contribution in [2.45, 2.75) is 19.8 Å². The molecule has 1 saturated heterocycles. The Morgan fingerprint density at radius 2 is 1.80 bits per heavy atom. The third kappa shape index (κ3) is 4.05. The van der Waals surface area contributed by atoms with Crippen LogP contribution in [0.3, 0.4) is 0 Å². The highest BCUT2D eigenvalue weighted by Gasteiger charge is 2.28. The van der Waals surface area contributed by atoms with Gasteiger partial charge in [0.05, 0.1) is 0 Å². The van der Waals surface area contributed by atoms with Gasteiger partial charge in [0.25, 0.3) is 5.91 Å². The summed E-state index contributed by atoms with van der Waals surface area (Å²) in [5, 5.41) is 2.97. The van der Waals surface area contributed by atoms with Crippen LogP contribution in [0.25, 0.3) is 0 Å². The summed E-state index contributed by atoms with van der Waals surface area (Å²) in [5.41, 5.74) is 2.20. The first-order valence-electron chi connectivity index (χ1n) is 8.46. The number of benzene rings is 2. The van der Waals surface area contributed by atoms with Crippen LogP contribution < -0.4 is 5.32 Å². The van der Waals surface area contributed by atoms with Crippen LogP contribution in [-0.4, -0.2) is 29.8 Å². The van der Waals surface area contributed by atoms with Crippen molar-refractivity contribution in [3.63, 3.8) is 0 Å². The average Bonchev–Trinajstić information content (AvgIpc) is 2.63. The van der Waals surface area contributed by atoms with E-state index in [1.807, 2.05) is 31.2 Å². The lowest BCUT2D eigenvalue weighted by Gasteiger charge is -2.31. The summed E-state index contributed by atoms with van der Waals surface area (Å²) in [6, 6.07) is 13.4. The van der Waals surface area contributed by atoms with Gasteiger partial charge in [0, 0.05) is 30.3 Å². The van der Waals surface area contributed by atoms with E-state index >= 15 is 0 Å². The van der Waals surface area contributed by atoms with Gasteiger partial charge in [-0.1, -0.05) is 24.3 Å². The highest BCUT2D eigenvalue weighted by molar-refractivity contribution is 5.95. The monoisotopic (exact) mass is 340 g/mol. The molecule has 4 nitrogen and oxygen atoms in total. The SMILES string of the molecule is Cc1ccccc1NC(=O)C1CCN(C(=O)c2cccc(F)c2)CC1. The van der Waals surface area contributed by atoms with Crippen molar-refractivity contribution in [2.24, 2.45) is 5.92 Å². The number of likely N-dealkylation sites (tertiary alicyclic amines) is 1. The smallest absolute Gasteiger partial charge is 0.253 e. The molecule has 0 unspecified atom stereocenters. The molecule has 2 aromatic carbocycles. The fraction of sp³-hybridized carbons (Fsp3) is 0.300. The molecule has 0 aromatic heterocycles. The van der Waals surface area contributed by atoms with Crippen LogP contribution in [0.1, 0.15) is 28.8 Å². The number of rotatable bonds is 3.